The summed E-state index contributed by atoms with van der Waals surface area (Å²) in [7, 11) is 0. The largest absolute Gasteiger partial charge is 0.480 e. The van der Waals surface area contributed by atoms with Gasteiger partial charge in [-0.3, -0.25) is 24.0 Å². The first-order valence-electron chi connectivity index (χ1n) is 13.2. The number of aliphatic carboxylic acids is 1. The number of amides is 4. The normalized spacial score (nSPS) is 15.4. The molecule has 12 nitrogen and oxygen atoms in total. The van der Waals surface area contributed by atoms with Crippen molar-refractivity contribution in [3.8, 4) is 0 Å². The fourth-order valence-electron chi connectivity index (χ4n) is 3.56. The lowest BCUT2D eigenvalue weighted by molar-refractivity contribution is -0.144. The number of Topliss-reactive ketones (excluding diaryl/α,β-unsaturated/α-hetero) is 1. The van der Waals surface area contributed by atoms with Crippen LogP contribution in [0.1, 0.15) is 75.2 Å². The zero-order chi connectivity index (χ0) is 29.9. The van der Waals surface area contributed by atoms with Crippen molar-refractivity contribution in [3.05, 3.63) is 0 Å². The highest BCUT2D eigenvalue weighted by Crippen LogP contribution is 2.10. The van der Waals surface area contributed by atoms with Crippen molar-refractivity contribution in [1.29, 1.82) is 0 Å². The van der Waals surface area contributed by atoms with E-state index in [1.165, 1.54) is 0 Å². The van der Waals surface area contributed by atoms with Crippen LogP contribution in [0.25, 0.3) is 0 Å². The molecule has 38 heavy (non-hydrogen) atoms. The summed E-state index contributed by atoms with van der Waals surface area (Å²) >= 11 is 0. The summed E-state index contributed by atoms with van der Waals surface area (Å²) in [5.74, 6) is -6.07. The molecule has 0 aliphatic carbocycles. The molecule has 0 saturated heterocycles. The van der Waals surface area contributed by atoms with Crippen LogP contribution in [0.15, 0.2) is 0 Å². The molecular formula is C26H47N5O7. The number of carbonyl (C=O) groups excluding carboxylic acids is 5. The van der Waals surface area contributed by atoms with Gasteiger partial charge in [0.2, 0.25) is 23.5 Å². The molecule has 12 heteroatoms. The van der Waals surface area contributed by atoms with Gasteiger partial charge in [-0.1, -0.05) is 62.3 Å². The molecule has 7 N–H and O–H groups in total. The maximum atomic E-state index is 13.0. The molecule has 0 bridgehead atoms. The second-order valence-electron chi connectivity index (χ2n) is 11.1. The number of hydrogen-bond acceptors (Lipinski definition) is 7. The minimum Gasteiger partial charge on any atom is -0.480 e. The van der Waals surface area contributed by atoms with Gasteiger partial charge in [0.1, 0.15) is 18.1 Å². The van der Waals surface area contributed by atoms with Crippen molar-refractivity contribution in [2.75, 3.05) is 0 Å². The second-order valence-corrected chi connectivity index (χ2v) is 11.1. The van der Waals surface area contributed by atoms with Crippen molar-refractivity contribution < 1.29 is 33.9 Å². The summed E-state index contributed by atoms with van der Waals surface area (Å²) in [5.41, 5.74) is 5.88. The van der Waals surface area contributed by atoms with E-state index >= 15 is 0 Å². The first-order chi connectivity index (χ1) is 17.4. The van der Waals surface area contributed by atoms with Crippen LogP contribution in [0, 0.1) is 23.7 Å². The van der Waals surface area contributed by atoms with Gasteiger partial charge in [0, 0.05) is 0 Å². The van der Waals surface area contributed by atoms with E-state index in [4.69, 9.17) is 5.73 Å². The summed E-state index contributed by atoms with van der Waals surface area (Å²) in [6.07, 6.45) is 0.244. The average Bonchev–Trinajstić information content (AvgIpc) is 2.81. The number of carboxylic acid groups (broad SMARTS) is 1. The molecule has 0 aliphatic rings. The summed E-state index contributed by atoms with van der Waals surface area (Å²) in [4.78, 5) is 75.5. The van der Waals surface area contributed by atoms with Gasteiger partial charge >= 0.3 is 5.97 Å². The fourth-order valence-corrected chi connectivity index (χ4v) is 3.56. The van der Waals surface area contributed by atoms with Gasteiger partial charge in [-0.05, 0) is 36.5 Å². The fraction of sp³-hybridized carbons (Fsp3) is 0.769. The Morgan fingerprint density at radius 3 is 1.55 bits per heavy atom. The Bertz CT molecular complexity index is 857. The third-order valence-electron chi connectivity index (χ3n) is 6.09. The van der Waals surface area contributed by atoms with Crippen LogP contribution in [0.3, 0.4) is 0 Å². The molecule has 0 aromatic rings. The van der Waals surface area contributed by atoms with Crippen LogP contribution in [0.5, 0.6) is 0 Å². The topological polar surface area (TPSA) is 197 Å². The number of carbonyl (C=O) groups is 6. The van der Waals surface area contributed by atoms with E-state index in [0.717, 1.165) is 0 Å². The second kappa shape index (κ2) is 16.1. The van der Waals surface area contributed by atoms with Crippen molar-refractivity contribution >= 4 is 35.4 Å². The smallest absolute Gasteiger partial charge is 0.326 e. The standard InChI is InChI=1S/C26H47N5O7/c1-10-16(28-24(35)19(14(6)7)30-23(34)18(27)13(4)5)21(32)25(36)29-17(11-12(2)3)22(33)31-20(15(8)9)26(37)38/h12-20H,10-11,27H2,1-9H3,(H,28,35)(H,29,36)(H,30,34)(H,31,33)(H,37,38)/t16?,17-,18-,19-,20-/m0/s1. The lowest BCUT2D eigenvalue weighted by atomic mass is 9.99. The zero-order valence-corrected chi connectivity index (χ0v) is 24.1. The predicted molar refractivity (Wildman–Crippen MR) is 143 cm³/mol. The minimum atomic E-state index is -1.21. The molecule has 4 amide bonds. The molecule has 0 heterocycles. The van der Waals surface area contributed by atoms with E-state index in [0.29, 0.717) is 0 Å². The summed E-state index contributed by atoms with van der Waals surface area (Å²) < 4.78 is 0. The highest BCUT2D eigenvalue weighted by atomic mass is 16.4. The molecule has 0 aromatic carbocycles. The molecule has 0 spiro atoms. The molecule has 0 radical (unpaired) electrons. The van der Waals surface area contributed by atoms with Gasteiger partial charge in [0.25, 0.3) is 5.91 Å². The Balaban J connectivity index is 5.59. The van der Waals surface area contributed by atoms with Crippen LogP contribution < -0.4 is 27.0 Å². The van der Waals surface area contributed by atoms with Crippen LogP contribution in [0.4, 0.5) is 0 Å². The van der Waals surface area contributed by atoms with Crippen molar-refractivity contribution in [3.63, 3.8) is 0 Å². The molecule has 218 valence electrons. The van der Waals surface area contributed by atoms with E-state index < -0.39 is 71.5 Å². The Morgan fingerprint density at radius 2 is 1.16 bits per heavy atom. The number of nitrogens with two attached hydrogens (primary N) is 1. The average molecular weight is 542 g/mol. The highest BCUT2D eigenvalue weighted by Gasteiger charge is 2.34. The third-order valence-corrected chi connectivity index (χ3v) is 6.09. The number of rotatable bonds is 16. The maximum Gasteiger partial charge on any atom is 0.326 e. The Morgan fingerprint density at radius 1 is 0.658 bits per heavy atom. The molecule has 0 aromatic heterocycles. The molecular weight excluding hydrogens is 494 g/mol. The Hall–Kier alpha value is -3.02. The van der Waals surface area contributed by atoms with Crippen molar-refractivity contribution in [2.24, 2.45) is 29.4 Å². The first-order valence-corrected chi connectivity index (χ1v) is 13.2. The quantitative estimate of drug-likeness (QED) is 0.150. The van der Waals surface area contributed by atoms with Gasteiger partial charge in [0.15, 0.2) is 0 Å². The SMILES string of the molecule is CCC(NC(=O)[C@@H](NC(=O)[C@@H](N)C(C)C)C(C)C)C(=O)C(=O)N[C@@H](CC(C)C)C(=O)N[C@H](C(=O)O)C(C)C. The Kier molecular flexibility index (Phi) is 14.8. The van der Waals surface area contributed by atoms with E-state index in [9.17, 15) is 33.9 Å². The van der Waals surface area contributed by atoms with Crippen molar-refractivity contribution in [1.82, 2.24) is 21.3 Å². The molecule has 1 unspecified atom stereocenters. The summed E-state index contributed by atoms with van der Waals surface area (Å²) in [6, 6.07) is -5.33. The third kappa shape index (κ3) is 11.2. The van der Waals surface area contributed by atoms with Crippen LogP contribution in [-0.2, 0) is 28.8 Å². The van der Waals surface area contributed by atoms with Gasteiger partial charge in [-0.2, -0.15) is 0 Å². The van der Waals surface area contributed by atoms with Crippen molar-refractivity contribution in [2.45, 2.75) is 105 Å². The molecule has 0 aliphatic heterocycles. The van der Waals surface area contributed by atoms with Gasteiger partial charge in [0.05, 0.1) is 12.1 Å². The lowest BCUT2D eigenvalue weighted by Crippen LogP contribution is -2.59. The zero-order valence-electron chi connectivity index (χ0n) is 24.1. The highest BCUT2D eigenvalue weighted by molar-refractivity contribution is 6.38. The molecule has 0 fully saturated rings. The first kappa shape index (κ1) is 35.0. The van der Waals surface area contributed by atoms with Gasteiger partial charge < -0.3 is 32.1 Å². The van der Waals surface area contributed by atoms with E-state index in [1.807, 2.05) is 13.8 Å². The predicted octanol–water partition coefficient (Wildman–Crippen LogP) is 0.331. The molecule has 5 atom stereocenters. The number of hydrogen-bond donors (Lipinski definition) is 6. The lowest BCUT2D eigenvalue weighted by Gasteiger charge is -2.27. The van der Waals surface area contributed by atoms with Gasteiger partial charge in [-0.15, -0.1) is 0 Å². The Labute approximate surface area is 225 Å². The summed E-state index contributed by atoms with van der Waals surface area (Å²) in [5, 5.41) is 19.3. The maximum absolute atomic E-state index is 13.0. The number of nitrogens with one attached hydrogen (secondary N) is 4. The van der Waals surface area contributed by atoms with E-state index in [2.05, 4.69) is 21.3 Å². The molecule has 0 rings (SSSR count). The van der Waals surface area contributed by atoms with Crippen LogP contribution >= 0.6 is 0 Å². The van der Waals surface area contributed by atoms with E-state index in [-0.39, 0.29) is 30.6 Å². The minimum absolute atomic E-state index is 0.0576. The number of carboxylic acids is 1. The van der Waals surface area contributed by atoms with Crippen LogP contribution in [-0.4, -0.2) is 70.7 Å². The van der Waals surface area contributed by atoms with Crippen LogP contribution in [0.2, 0.25) is 0 Å². The summed E-state index contributed by atoms with van der Waals surface area (Å²) in [6.45, 7) is 15.5. The monoisotopic (exact) mass is 541 g/mol. The van der Waals surface area contributed by atoms with E-state index in [1.54, 1.807) is 48.5 Å². The molecule has 0 saturated carbocycles. The number of ketones is 1. The van der Waals surface area contributed by atoms with Gasteiger partial charge in [-0.25, -0.2) is 4.79 Å².